The SMILES string of the molecule is CCCCCCCCC/C=C/C(O)C(COC1OC(CO)C(OC2OC(CO)C(O)C(O)C2O)C(O)C1O)NC(=O)CCCCCCCC. The van der Waals surface area contributed by atoms with Gasteiger partial charge in [0.25, 0.3) is 0 Å². The third kappa shape index (κ3) is 15.1. The molecule has 1 amide bonds. The number of unbranched alkanes of at least 4 members (excludes halogenated alkanes) is 12. The van der Waals surface area contributed by atoms with Gasteiger partial charge in [0.15, 0.2) is 12.6 Å². The van der Waals surface area contributed by atoms with E-state index in [1.807, 2.05) is 6.08 Å². The average molecular weight is 708 g/mol. The zero-order valence-electron chi connectivity index (χ0n) is 29.4. The fourth-order valence-electron chi connectivity index (χ4n) is 6.05. The Kier molecular flexibility index (Phi) is 22.2. The smallest absolute Gasteiger partial charge is 0.220 e. The molecule has 12 atom stereocenters. The van der Waals surface area contributed by atoms with Crippen molar-refractivity contribution in [1.29, 1.82) is 0 Å². The van der Waals surface area contributed by atoms with Crippen LogP contribution in [0.3, 0.4) is 0 Å². The molecule has 2 rings (SSSR count). The van der Waals surface area contributed by atoms with Crippen LogP contribution in [0, 0.1) is 0 Å². The second kappa shape index (κ2) is 24.8. The van der Waals surface area contributed by atoms with Crippen LogP contribution in [0.2, 0.25) is 0 Å². The molecule has 0 spiro atoms. The molecule has 288 valence electrons. The topological polar surface area (TPSA) is 228 Å². The fourth-order valence-corrected chi connectivity index (χ4v) is 6.05. The summed E-state index contributed by atoms with van der Waals surface area (Å²) < 4.78 is 22.4. The number of allylic oxidation sites excluding steroid dienone is 1. The van der Waals surface area contributed by atoms with Crippen molar-refractivity contribution in [2.45, 2.75) is 184 Å². The summed E-state index contributed by atoms with van der Waals surface area (Å²) in [7, 11) is 0. The number of aliphatic hydroxyl groups excluding tert-OH is 8. The molecule has 9 N–H and O–H groups in total. The van der Waals surface area contributed by atoms with Gasteiger partial charge in [0.2, 0.25) is 5.91 Å². The minimum atomic E-state index is -1.78. The highest BCUT2D eigenvalue weighted by Gasteiger charge is 2.50. The summed E-state index contributed by atoms with van der Waals surface area (Å²) in [4.78, 5) is 12.8. The molecule has 2 fully saturated rings. The number of ether oxygens (including phenoxy) is 4. The lowest BCUT2D eigenvalue weighted by Gasteiger charge is -2.46. The molecule has 0 aromatic rings. The Bertz CT molecular complexity index is 894. The predicted molar refractivity (Wildman–Crippen MR) is 180 cm³/mol. The van der Waals surface area contributed by atoms with Gasteiger partial charge in [0.1, 0.15) is 48.8 Å². The summed E-state index contributed by atoms with van der Waals surface area (Å²) >= 11 is 0. The Labute approximate surface area is 291 Å². The van der Waals surface area contributed by atoms with Crippen LogP contribution in [-0.4, -0.2) is 140 Å². The average Bonchev–Trinajstić information content (AvgIpc) is 3.09. The van der Waals surface area contributed by atoms with Crippen LogP contribution in [0.1, 0.15) is 110 Å². The van der Waals surface area contributed by atoms with Crippen molar-refractivity contribution in [2.75, 3.05) is 19.8 Å². The van der Waals surface area contributed by atoms with E-state index in [1.165, 1.54) is 32.1 Å². The lowest BCUT2D eigenvalue weighted by atomic mass is 9.97. The van der Waals surface area contributed by atoms with E-state index < -0.39 is 86.8 Å². The number of hydrogen-bond acceptors (Lipinski definition) is 13. The van der Waals surface area contributed by atoms with Crippen LogP contribution in [-0.2, 0) is 23.7 Å². The molecule has 2 aliphatic rings. The van der Waals surface area contributed by atoms with Gasteiger partial charge in [-0.3, -0.25) is 4.79 Å². The van der Waals surface area contributed by atoms with Gasteiger partial charge in [-0.25, -0.2) is 0 Å². The first-order valence-electron chi connectivity index (χ1n) is 18.4. The largest absolute Gasteiger partial charge is 0.394 e. The Hall–Kier alpha value is -1.27. The standard InChI is InChI=1S/C35H65NO13/c1-3-5-7-9-11-12-13-14-16-18-24(39)23(36-27(40)19-17-15-10-8-6-4-2)22-46-34-32(45)30(43)33(26(21-38)48-34)49-35-31(44)29(42)28(41)25(20-37)47-35/h16,18,23-26,28-35,37-39,41-45H,3-15,17,19-22H2,1-2H3,(H,36,40)/b18-16+. The molecule has 12 unspecified atom stereocenters. The second-order valence-corrected chi connectivity index (χ2v) is 13.4. The van der Waals surface area contributed by atoms with Crippen molar-refractivity contribution in [3.05, 3.63) is 12.2 Å². The van der Waals surface area contributed by atoms with Crippen LogP contribution in [0.15, 0.2) is 12.2 Å². The molecule has 49 heavy (non-hydrogen) atoms. The maximum atomic E-state index is 12.8. The molecule has 14 nitrogen and oxygen atoms in total. The Morgan fingerprint density at radius 1 is 0.714 bits per heavy atom. The van der Waals surface area contributed by atoms with E-state index in [4.69, 9.17) is 18.9 Å². The van der Waals surface area contributed by atoms with Crippen molar-refractivity contribution < 1.29 is 64.6 Å². The molecular formula is C35H65NO13. The number of aliphatic hydroxyl groups is 8. The minimum Gasteiger partial charge on any atom is -0.394 e. The molecule has 0 aromatic heterocycles. The molecule has 2 heterocycles. The maximum absolute atomic E-state index is 12.8. The molecule has 0 bridgehead atoms. The first-order valence-corrected chi connectivity index (χ1v) is 18.4. The van der Waals surface area contributed by atoms with Gasteiger partial charge < -0.3 is 65.1 Å². The molecule has 0 radical (unpaired) electrons. The lowest BCUT2D eigenvalue weighted by Crippen LogP contribution is -2.65. The van der Waals surface area contributed by atoms with Crippen LogP contribution in [0.4, 0.5) is 0 Å². The maximum Gasteiger partial charge on any atom is 0.220 e. The van der Waals surface area contributed by atoms with E-state index in [1.54, 1.807) is 6.08 Å². The Morgan fingerprint density at radius 3 is 1.88 bits per heavy atom. The molecule has 2 saturated heterocycles. The summed E-state index contributed by atoms with van der Waals surface area (Å²) in [6, 6.07) is -0.901. The van der Waals surface area contributed by atoms with Crippen molar-refractivity contribution in [3.63, 3.8) is 0 Å². The van der Waals surface area contributed by atoms with Gasteiger partial charge in [-0.1, -0.05) is 96.6 Å². The molecule has 0 aliphatic carbocycles. The second-order valence-electron chi connectivity index (χ2n) is 13.4. The van der Waals surface area contributed by atoms with E-state index in [2.05, 4.69) is 19.2 Å². The van der Waals surface area contributed by atoms with Crippen LogP contribution in [0.25, 0.3) is 0 Å². The van der Waals surface area contributed by atoms with Gasteiger partial charge in [-0.05, 0) is 19.3 Å². The van der Waals surface area contributed by atoms with E-state index in [0.29, 0.717) is 6.42 Å². The number of amides is 1. The molecule has 0 aromatic carbocycles. The molecule has 0 saturated carbocycles. The summed E-state index contributed by atoms with van der Waals surface area (Å²) in [6.07, 6.45) is 1.85. The molecule has 14 heteroatoms. The summed E-state index contributed by atoms with van der Waals surface area (Å²) in [5.41, 5.74) is 0. The van der Waals surface area contributed by atoms with Crippen LogP contribution >= 0.6 is 0 Å². The third-order valence-electron chi connectivity index (χ3n) is 9.22. The normalized spacial score (nSPS) is 32.0. The summed E-state index contributed by atoms with van der Waals surface area (Å²) in [5.74, 6) is -0.255. The van der Waals surface area contributed by atoms with Crippen molar-refractivity contribution in [1.82, 2.24) is 5.32 Å². The van der Waals surface area contributed by atoms with Crippen molar-refractivity contribution in [2.24, 2.45) is 0 Å². The number of carbonyl (C=O) groups excluding carboxylic acids is 1. The van der Waals surface area contributed by atoms with Gasteiger partial charge in [0.05, 0.1) is 32.0 Å². The number of nitrogens with one attached hydrogen (secondary N) is 1. The predicted octanol–water partition coefficient (Wildman–Crippen LogP) is 0.920. The monoisotopic (exact) mass is 707 g/mol. The quantitative estimate of drug-likeness (QED) is 0.0476. The molecular weight excluding hydrogens is 642 g/mol. The van der Waals surface area contributed by atoms with Gasteiger partial charge in [-0.2, -0.15) is 0 Å². The minimum absolute atomic E-state index is 0.255. The summed E-state index contributed by atoms with van der Waals surface area (Å²) in [5, 5.41) is 85.6. The fraction of sp³-hybridized carbons (Fsp3) is 0.914. The zero-order valence-corrected chi connectivity index (χ0v) is 29.4. The van der Waals surface area contributed by atoms with E-state index >= 15 is 0 Å². The highest BCUT2D eigenvalue weighted by molar-refractivity contribution is 5.76. The van der Waals surface area contributed by atoms with Gasteiger partial charge in [0, 0.05) is 6.42 Å². The van der Waals surface area contributed by atoms with Gasteiger partial charge in [-0.15, -0.1) is 0 Å². The first kappa shape index (κ1) is 43.9. The number of rotatable bonds is 25. The van der Waals surface area contributed by atoms with Crippen LogP contribution < -0.4 is 5.32 Å². The summed E-state index contributed by atoms with van der Waals surface area (Å²) in [6.45, 7) is 2.62. The third-order valence-corrected chi connectivity index (χ3v) is 9.22. The van der Waals surface area contributed by atoms with E-state index in [9.17, 15) is 45.6 Å². The number of carbonyl (C=O) groups is 1. The van der Waals surface area contributed by atoms with Crippen molar-refractivity contribution >= 4 is 5.91 Å². The van der Waals surface area contributed by atoms with Gasteiger partial charge >= 0.3 is 0 Å². The highest BCUT2D eigenvalue weighted by atomic mass is 16.7. The van der Waals surface area contributed by atoms with Crippen LogP contribution in [0.5, 0.6) is 0 Å². The zero-order chi connectivity index (χ0) is 36.2. The van der Waals surface area contributed by atoms with Crippen molar-refractivity contribution in [3.8, 4) is 0 Å². The Balaban J connectivity index is 2.00. The van der Waals surface area contributed by atoms with E-state index in [-0.39, 0.29) is 18.9 Å². The first-order chi connectivity index (χ1) is 23.6. The Morgan fingerprint density at radius 2 is 1.27 bits per heavy atom. The molecule has 2 aliphatic heterocycles. The highest BCUT2D eigenvalue weighted by Crippen LogP contribution is 2.29. The lowest BCUT2D eigenvalue weighted by molar-refractivity contribution is -0.359. The number of hydrogen-bond donors (Lipinski definition) is 9. The van der Waals surface area contributed by atoms with E-state index in [0.717, 1.165) is 51.4 Å².